The Morgan fingerprint density at radius 2 is 1.65 bits per heavy atom. The predicted octanol–water partition coefficient (Wildman–Crippen LogP) is 5.58. The third-order valence-corrected chi connectivity index (χ3v) is 7.72. The Morgan fingerprint density at radius 3 is 2.33 bits per heavy atom. The van der Waals surface area contributed by atoms with E-state index in [-0.39, 0.29) is 35.1 Å². The fourth-order valence-corrected chi connectivity index (χ4v) is 5.11. The molecule has 4 aromatic carbocycles. The number of carbonyl (C=O) groups excluding carboxylic acids is 1. The summed E-state index contributed by atoms with van der Waals surface area (Å²) in [5.74, 6) is 0.550. The second-order valence-corrected chi connectivity index (χ2v) is 10.8. The zero-order chi connectivity index (χ0) is 28.5. The highest BCUT2D eigenvalue weighted by atomic mass is 32.2. The van der Waals surface area contributed by atoms with Crippen LogP contribution in [0.15, 0.2) is 107 Å². The first-order valence-corrected chi connectivity index (χ1v) is 14.8. The summed E-state index contributed by atoms with van der Waals surface area (Å²) < 4.78 is 40.5. The van der Waals surface area contributed by atoms with Crippen LogP contribution in [0.3, 0.4) is 0 Å². The van der Waals surface area contributed by atoms with Crippen molar-refractivity contribution in [2.75, 3.05) is 36.4 Å². The predicted molar refractivity (Wildman–Crippen MR) is 155 cm³/mol. The van der Waals surface area contributed by atoms with Gasteiger partial charge < -0.3 is 14.6 Å². The summed E-state index contributed by atoms with van der Waals surface area (Å²) >= 11 is 1.50. The Morgan fingerprint density at radius 1 is 0.925 bits per heavy atom. The van der Waals surface area contributed by atoms with Crippen LogP contribution in [0.4, 0.5) is 11.4 Å². The van der Waals surface area contributed by atoms with Gasteiger partial charge in [-0.2, -0.15) is 5.06 Å². The van der Waals surface area contributed by atoms with E-state index in [0.29, 0.717) is 17.2 Å². The van der Waals surface area contributed by atoms with E-state index < -0.39 is 15.9 Å². The number of carbonyl (C=O) groups is 1. The largest absolute Gasteiger partial charge is 0.497 e. The maximum Gasteiger partial charge on any atom is 0.282 e. The lowest BCUT2D eigenvalue weighted by atomic mass is 10.1. The highest BCUT2D eigenvalue weighted by molar-refractivity contribution is 7.98. The number of aliphatic hydroxyl groups is 1. The molecule has 0 aliphatic carbocycles. The fraction of sp³-hybridized carbons (Fsp3) is 0.138. The molecule has 0 saturated carbocycles. The number of ether oxygens (including phenoxy) is 2. The van der Waals surface area contributed by atoms with Crippen LogP contribution in [-0.2, 0) is 14.9 Å². The van der Waals surface area contributed by atoms with Crippen molar-refractivity contribution < 1.29 is 32.6 Å². The molecule has 1 amide bonds. The normalized spacial score (nSPS) is 11.1. The number of nitrogens with one attached hydrogen (secondary N) is 1. The third kappa shape index (κ3) is 7.13. The molecule has 4 aromatic rings. The summed E-state index contributed by atoms with van der Waals surface area (Å²) in [7, 11) is -2.52. The lowest BCUT2D eigenvalue weighted by molar-refractivity contribution is 0.0528. The number of para-hydroxylation sites is 1. The van der Waals surface area contributed by atoms with Crippen molar-refractivity contribution in [2.45, 2.75) is 9.79 Å². The van der Waals surface area contributed by atoms with E-state index in [4.69, 9.17) is 14.3 Å². The van der Waals surface area contributed by atoms with Crippen LogP contribution in [0.25, 0.3) is 0 Å². The summed E-state index contributed by atoms with van der Waals surface area (Å²) in [4.78, 5) is 20.0. The molecule has 0 aliphatic rings. The van der Waals surface area contributed by atoms with Gasteiger partial charge >= 0.3 is 0 Å². The first kappa shape index (κ1) is 29.0. The molecule has 0 spiro atoms. The number of hydrogen-bond donors (Lipinski definition) is 2. The Bertz CT molecular complexity index is 1550. The molecular weight excluding hydrogens is 552 g/mol. The lowest BCUT2D eigenvalue weighted by Crippen LogP contribution is -2.32. The van der Waals surface area contributed by atoms with Gasteiger partial charge in [0.2, 0.25) is 0 Å². The summed E-state index contributed by atoms with van der Waals surface area (Å²) in [5.41, 5.74) is 0.599. The number of sulfonamides is 1. The molecule has 0 fully saturated rings. The Hall–Kier alpha value is -4.03. The molecule has 40 heavy (non-hydrogen) atoms. The maximum absolute atomic E-state index is 13.5. The minimum atomic E-state index is -4.05. The molecule has 11 heteroatoms. The van der Waals surface area contributed by atoms with Gasteiger partial charge in [-0.3, -0.25) is 14.4 Å². The zero-order valence-corrected chi connectivity index (χ0v) is 23.4. The van der Waals surface area contributed by atoms with Crippen LogP contribution in [0.5, 0.6) is 17.2 Å². The highest BCUT2D eigenvalue weighted by Crippen LogP contribution is 2.34. The van der Waals surface area contributed by atoms with Gasteiger partial charge in [-0.25, -0.2) is 8.42 Å². The molecule has 0 saturated heterocycles. The molecule has 0 bridgehead atoms. The highest BCUT2D eigenvalue weighted by Gasteiger charge is 2.23. The van der Waals surface area contributed by atoms with Crippen molar-refractivity contribution in [1.29, 1.82) is 0 Å². The molecule has 208 valence electrons. The average molecular weight is 581 g/mol. The third-order valence-electron chi connectivity index (χ3n) is 5.60. The molecule has 0 aromatic heterocycles. The number of anilines is 2. The Kier molecular flexibility index (Phi) is 9.67. The summed E-state index contributed by atoms with van der Waals surface area (Å²) in [6.45, 7) is -0.423. The second-order valence-electron chi connectivity index (χ2n) is 8.26. The number of benzene rings is 4. The second kappa shape index (κ2) is 13.4. The van der Waals surface area contributed by atoms with Crippen molar-refractivity contribution in [3.63, 3.8) is 0 Å². The first-order chi connectivity index (χ1) is 19.3. The van der Waals surface area contributed by atoms with Crippen molar-refractivity contribution in [2.24, 2.45) is 0 Å². The molecular formula is C29H28N2O7S2. The topological polar surface area (TPSA) is 114 Å². The van der Waals surface area contributed by atoms with Gasteiger partial charge in [-0.15, -0.1) is 11.8 Å². The number of rotatable bonds is 12. The average Bonchev–Trinajstić information content (AvgIpc) is 2.98. The van der Waals surface area contributed by atoms with Gasteiger partial charge in [0.1, 0.15) is 11.5 Å². The molecule has 9 nitrogen and oxygen atoms in total. The van der Waals surface area contributed by atoms with Crippen LogP contribution in [0.2, 0.25) is 0 Å². The van der Waals surface area contributed by atoms with Crippen molar-refractivity contribution >= 4 is 39.1 Å². The Labute approximate surface area is 237 Å². The van der Waals surface area contributed by atoms with Gasteiger partial charge in [0.25, 0.3) is 15.9 Å². The molecule has 4 rings (SSSR count). The SMILES string of the molecule is COc1cccc(Oc2ccc(C(=O)N(OCCO)c3ccccc3)cc2NS(=O)(=O)c2ccc(SC)cc2)c1. The number of thioether (sulfide) groups is 1. The quantitative estimate of drug-likeness (QED) is 0.165. The molecule has 0 radical (unpaired) electrons. The van der Waals surface area contributed by atoms with Crippen LogP contribution < -0.4 is 19.3 Å². The van der Waals surface area contributed by atoms with E-state index in [2.05, 4.69) is 4.72 Å². The lowest BCUT2D eigenvalue weighted by Gasteiger charge is -2.22. The maximum atomic E-state index is 13.5. The summed E-state index contributed by atoms with van der Waals surface area (Å²) in [5, 5.41) is 10.3. The number of hydrogen-bond acceptors (Lipinski definition) is 8. The van der Waals surface area contributed by atoms with Crippen molar-refractivity contribution in [3.8, 4) is 17.2 Å². The van der Waals surface area contributed by atoms with Gasteiger partial charge in [-0.1, -0.05) is 24.3 Å². The van der Waals surface area contributed by atoms with E-state index in [9.17, 15) is 18.3 Å². The van der Waals surface area contributed by atoms with Crippen LogP contribution in [-0.4, -0.2) is 46.0 Å². The number of aliphatic hydroxyl groups excluding tert-OH is 1. The van der Waals surface area contributed by atoms with E-state index in [1.54, 1.807) is 66.7 Å². The number of hydroxylamine groups is 1. The number of methoxy groups -OCH3 is 1. The van der Waals surface area contributed by atoms with E-state index in [0.717, 1.165) is 9.96 Å². The zero-order valence-electron chi connectivity index (χ0n) is 21.8. The minimum absolute atomic E-state index is 0.0396. The molecule has 2 N–H and O–H groups in total. The van der Waals surface area contributed by atoms with Crippen LogP contribution in [0, 0.1) is 0 Å². The van der Waals surface area contributed by atoms with Gasteiger partial charge in [0.05, 0.1) is 36.6 Å². The van der Waals surface area contributed by atoms with E-state index in [1.807, 2.05) is 6.26 Å². The van der Waals surface area contributed by atoms with Gasteiger partial charge in [0.15, 0.2) is 5.75 Å². The van der Waals surface area contributed by atoms with Crippen molar-refractivity contribution in [3.05, 3.63) is 103 Å². The molecule has 0 heterocycles. The minimum Gasteiger partial charge on any atom is -0.497 e. The molecule has 0 unspecified atom stereocenters. The molecule has 0 aliphatic heterocycles. The smallest absolute Gasteiger partial charge is 0.282 e. The monoisotopic (exact) mass is 580 g/mol. The van der Waals surface area contributed by atoms with E-state index in [1.165, 1.54) is 49.2 Å². The fourth-order valence-electron chi connectivity index (χ4n) is 3.65. The summed E-state index contributed by atoms with van der Waals surface area (Å²) in [6, 6.07) is 26.3. The first-order valence-electron chi connectivity index (χ1n) is 12.1. The van der Waals surface area contributed by atoms with Gasteiger partial charge in [-0.05, 0) is 73.0 Å². The van der Waals surface area contributed by atoms with Gasteiger partial charge in [0, 0.05) is 16.5 Å². The molecule has 0 atom stereocenters. The van der Waals surface area contributed by atoms with Crippen LogP contribution >= 0.6 is 11.8 Å². The number of amides is 1. The van der Waals surface area contributed by atoms with E-state index >= 15 is 0 Å². The summed E-state index contributed by atoms with van der Waals surface area (Å²) in [6.07, 6.45) is 1.90. The van der Waals surface area contributed by atoms with Crippen molar-refractivity contribution in [1.82, 2.24) is 0 Å². The standard InChI is InChI=1S/C29H28N2O7S2/c1-36-23-9-6-10-24(20-23)38-28-16-11-21(29(33)31(37-18-17-32)22-7-4-3-5-8-22)19-27(28)30-40(34,35)26-14-12-25(39-2)13-15-26/h3-16,19-20,30,32H,17-18H2,1-2H3. The number of nitrogens with zero attached hydrogens (tertiary/aromatic N) is 1. The van der Waals surface area contributed by atoms with Crippen LogP contribution in [0.1, 0.15) is 10.4 Å². The Balaban J connectivity index is 1.74.